The molecule has 1 atom stereocenters. The first-order chi connectivity index (χ1) is 9.72. The monoisotopic (exact) mass is 279 g/mol. The molecule has 1 aliphatic heterocycles. The molecule has 1 unspecified atom stereocenters. The Morgan fingerprint density at radius 3 is 2.80 bits per heavy atom. The molecule has 0 aliphatic carbocycles. The number of hydrogen-bond acceptors (Lipinski definition) is 4. The van der Waals surface area contributed by atoms with Crippen molar-refractivity contribution in [2.24, 2.45) is 0 Å². The third-order valence-corrected chi connectivity index (χ3v) is 3.97. The molecule has 0 saturated carbocycles. The molecule has 1 saturated heterocycles. The molecular weight excluding hydrogens is 254 g/mol. The number of likely N-dealkylation sites (N-methyl/N-ethyl adjacent to an activating group) is 1. The van der Waals surface area contributed by atoms with Gasteiger partial charge < -0.3 is 15.1 Å². The SMILES string of the molecule is CCC(NC1CCN(CC(=O)NC)CC1)c1ccco1. The summed E-state index contributed by atoms with van der Waals surface area (Å²) in [6.45, 7) is 4.62. The molecule has 1 aromatic heterocycles. The van der Waals surface area contributed by atoms with E-state index in [-0.39, 0.29) is 5.91 Å². The molecule has 5 heteroatoms. The van der Waals surface area contributed by atoms with Gasteiger partial charge in [-0.25, -0.2) is 0 Å². The van der Waals surface area contributed by atoms with Crippen LogP contribution < -0.4 is 10.6 Å². The zero-order chi connectivity index (χ0) is 14.4. The lowest BCUT2D eigenvalue weighted by molar-refractivity contribution is -0.122. The van der Waals surface area contributed by atoms with E-state index >= 15 is 0 Å². The van der Waals surface area contributed by atoms with Gasteiger partial charge in [-0.15, -0.1) is 0 Å². The number of likely N-dealkylation sites (tertiary alicyclic amines) is 1. The average molecular weight is 279 g/mol. The molecule has 0 radical (unpaired) electrons. The van der Waals surface area contributed by atoms with Crippen LogP contribution in [-0.2, 0) is 4.79 Å². The number of nitrogens with one attached hydrogen (secondary N) is 2. The fourth-order valence-electron chi connectivity index (χ4n) is 2.72. The summed E-state index contributed by atoms with van der Waals surface area (Å²) in [5.41, 5.74) is 0. The van der Waals surface area contributed by atoms with Crippen molar-refractivity contribution in [2.75, 3.05) is 26.7 Å². The Hall–Kier alpha value is -1.33. The zero-order valence-electron chi connectivity index (χ0n) is 12.4. The molecule has 2 heterocycles. The number of furan rings is 1. The predicted molar refractivity (Wildman–Crippen MR) is 78.4 cm³/mol. The second-order valence-electron chi connectivity index (χ2n) is 5.37. The molecular formula is C15H25N3O2. The van der Waals surface area contributed by atoms with Crippen LogP contribution in [0.1, 0.15) is 38.0 Å². The van der Waals surface area contributed by atoms with Gasteiger partial charge in [0.25, 0.3) is 0 Å². The molecule has 2 rings (SSSR count). The van der Waals surface area contributed by atoms with Crippen LogP contribution in [0.2, 0.25) is 0 Å². The van der Waals surface area contributed by atoms with Gasteiger partial charge in [0, 0.05) is 26.2 Å². The summed E-state index contributed by atoms with van der Waals surface area (Å²) in [6, 6.07) is 4.76. The molecule has 1 aromatic rings. The highest BCUT2D eigenvalue weighted by molar-refractivity contribution is 5.77. The van der Waals surface area contributed by atoms with Crippen molar-refractivity contribution < 1.29 is 9.21 Å². The summed E-state index contributed by atoms with van der Waals surface area (Å²) >= 11 is 0. The minimum Gasteiger partial charge on any atom is -0.468 e. The molecule has 20 heavy (non-hydrogen) atoms. The summed E-state index contributed by atoms with van der Waals surface area (Å²) in [6.07, 6.45) is 4.90. The van der Waals surface area contributed by atoms with Crippen molar-refractivity contribution in [3.8, 4) is 0 Å². The number of piperidine rings is 1. The first-order valence-electron chi connectivity index (χ1n) is 7.45. The third kappa shape index (κ3) is 4.08. The number of nitrogens with zero attached hydrogens (tertiary/aromatic N) is 1. The van der Waals surface area contributed by atoms with E-state index in [2.05, 4.69) is 22.5 Å². The highest BCUT2D eigenvalue weighted by Gasteiger charge is 2.23. The van der Waals surface area contributed by atoms with Crippen molar-refractivity contribution in [1.82, 2.24) is 15.5 Å². The fraction of sp³-hybridized carbons (Fsp3) is 0.667. The highest BCUT2D eigenvalue weighted by Crippen LogP contribution is 2.20. The maximum atomic E-state index is 11.4. The first-order valence-corrected chi connectivity index (χ1v) is 7.45. The van der Waals surface area contributed by atoms with E-state index in [1.165, 1.54) is 0 Å². The fourth-order valence-corrected chi connectivity index (χ4v) is 2.72. The molecule has 0 bridgehead atoms. The Labute approximate surface area is 120 Å². The Morgan fingerprint density at radius 1 is 1.50 bits per heavy atom. The molecule has 0 spiro atoms. The smallest absolute Gasteiger partial charge is 0.233 e. The quantitative estimate of drug-likeness (QED) is 0.829. The van der Waals surface area contributed by atoms with Crippen LogP contribution in [0.5, 0.6) is 0 Å². The second kappa shape index (κ2) is 7.45. The Morgan fingerprint density at radius 2 is 2.25 bits per heavy atom. The van der Waals surface area contributed by atoms with Crippen molar-refractivity contribution >= 4 is 5.91 Å². The van der Waals surface area contributed by atoms with Gasteiger partial charge in [0.1, 0.15) is 5.76 Å². The van der Waals surface area contributed by atoms with Crippen LogP contribution in [0.25, 0.3) is 0 Å². The number of amides is 1. The second-order valence-corrected chi connectivity index (χ2v) is 5.37. The number of carbonyl (C=O) groups is 1. The van der Waals surface area contributed by atoms with Gasteiger partial charge in [-0.3, -0.25) is 9.69 Å². The molecule has 1 amide bonds. The van der Waals surface area contributed by atoms with Crippen LogP contribution >= 0.6 is 0 Å². The van der Waals surface area contributed by atoms with Gasteiger partial charge in [-0.05, 0) is 31.4 Å². The van der Waals surface area contributed by atoms with E-state index in [9.17, 15) is 4.79 Å². The van der Waals surface area contributed by atoms with Crippen molar-refractivity contribution in [3.63, 3.8) is 0 Å². The Bertz CT molecular complexity index is 397. The van der Waals surface area contributed by atoms with E-state index in [1.807, 2.05) is 12.1 Å². The Balaban J connectivity index is 1.77. The van der Waals surface area contributed by atoms with E-state index < -0.39 is 0 Å². The maximum absolute atomic E-state index is 11.4. The average Bonchev–Trinajstić information content (AvgIpc) is 3.00. The third-order valence-electron chi connectivity index (χ3n) is 3.97. The molecule has 1 aliphatic rings. The van der Waals surface area contributed by atoms with Gasteiger partial charge in [-0.2, -0.15) is 0 Å². The lowest BCUT2D eigenvalue weighted by Crippen LogP contribution is -2.46. The topological polar surface area (TPSA) is 57.5 Å². The summed E-state index contributed by atoms with van der Waals surface area (Å²) < 4.78 is 5.49. The van der Waals surface area contributed by atoms with Gasteiger partial charge in [0.05, 0.1) is 18.8 Å². The molecule has 0 aromatic carbocycles. The van der Waals surface area contributed by atoms with Gasteiger partial charge in [-0.1, -0.05) is 6.92 Å². The van der Waals surface area contributed by atoms with Gasteiger partial charge in [0.15, 0.2) is 0 Å². The normalized spacial score (nSPS) is 18.9. The summed E-state index contributed by atoms with van der Waals surface area (Å²) in [5.74, 6) is 1.11. The highest BCUT2D eigenvalue weighted by atomic mass is 16.3. The lowest BCUT2D eigenvalue weighted by atomic mass is 10.0. The molecule has 2 N–H and O–H groups in total. The standard InChI is InChI=1S/C15H25N3O2/c1-3-13(14-5-4-10-20-14)17-12-6-8-18(9-7-12)11-15(19)16-2/h4-5,10,12-13,17H,3,6-9,11H2,1-2H3,(H,16,19). The first kappa shape index (κ1) is 15.1. The van der Waals surface area contributed by atoms with Gasteiger partial charge in [0.2, 0.25) is 5.91 Å². The lowest BCUT2D eigenvalue weighted by Gasteiger charge is -2.33. The van der Waals surface area contributed by atoms with E-state index in [0.29, 0.717) is 18.6 Å². The molecule has 1 fully saturated rings. The largest absolute Gasteiger partial charge is 0.468 e. The number of carbonyl (C=O) groups excluding carboxylic acids is 1. The number of hydrogen-bond donors (Lipinski definition) is 2. The van der Waals surface area contributed by atoms with Crippen LogP contribution in [-0.4, -0.2) is 43.5 Å². The van der Waals surface area contributed by atoms with Crippen LogP contribution in [0.3, 0.4) is 0 Å². The van der Waals surface area contributed by atoms with E-state index in [0.717, 1.165) is 38.1 Å². The molecule has 112 valence electrons. The van der Waals surface area contributed by atoms with Crippen LogP contribution in [0, 0.1) is 0 Å². The van der Waals surface area contributed by atoms with Gasteiger partial charge >= 0.3 is 0 Å². The number of rotatable bonds is 6. The van der Waals surface area contributed by atoms with Crippen molar-refractivity contribution in [3.05, 3.63) is 24.2 Å². The minimum absolute atomic E-state index is 0.0958. The van der Waals surface area contributed by atoms with Crippen LogP contribution in [0.15, 0.2) is 22.8 Å². The van der Waals surface area contributed by atoms with E-state index in [1.54, 1.807) is 13.3 Å². The summed E-state index contributed by atoms with van der Waals surface area (Å²) in [4.78, 5) is 13.6. The summed E-state index contributed by atoms with van der Waals surface area (Å²) in [7, 11) is 1.69. The maximum Gasteiger partial charge on any atom is 0.233 e. The Kier molecular flexibility index (Phi) is 5.61. The van der Waals surface area contributed by atoms with Crippen LogP contribution in [0.4, 0.5) is 0 Å². The van der Waals surface area contributed by atoms with Crippen molar-refractivity contribution in [1.29, 1.82) is 0 Å². The minimum atomic E-state index is 0.0958. The summed E-state index contributed by atoms with van der Waals surface area (Å²) in [5, 5.41) is 6.35. The van der Waals surface area contributed by atoms with E-state index in [4.69, 9.17) is 4.42 Å². The van der Waals surface area contributed by atoms with Crippen molar-refractivity contribution in [2.45, 2.75) is 38.3 Å². The zero-order valence-corrected chi connectivity index (χ0v) is 12.4. The predicted octanol–water partition coefficient (Wildman–Crippen LogP) is 1.53. The molecule has 5 nitrogen and oxygen atoms in total.